The molecule has 0 aliphatic heterocycles. The van der Waals surface area contributed by atoms with E-state index < -0.39 is 26.7 Å². The Bertz CT molecular complexity index is 1630. The first-order valence-electron chi connectivity index (χ1n) is 10.0. The van der Waals surface area contributed by atoms with Crippen LogP contribution in [0.25, 0.3) is 22.4 Å². The lowest BCUT2D eigenvalue weighted by molar-refractivity contribution is 0.473. The van der Waals surface area contributed by atoms with Crippen LogP contribution in [0.5, 0.6) is 11.5 Å². The van der Waals surface area contributed by atoms with Crippen LogP contribution in [0, 0.1) is 11.8 Å². The first-order valence-corrected chi connectivity index (χ1v) is 12.8. The van der Waals surface area contributed by atoms with Crippen LogP contribution < -0.4 is 9.46 Å². The molecule has 1 N–H and O–H groups in total. The fraction of sp³-hybridized carbons (Fsp3) is 0. The molecule has 8 nitrogen and oxygen atoms in total. The maximum absolute atomic E-state index is 14.9. The fourth-order valence-corrected chi connectivity index (χ4v) is 5.35. The molecule has 0 aliphatic rings. The van der Waals surface area contributed by atoms with E-state index in [-0.39, 0.29) is 21.7 Å². The largest absolute Gasteiger partial charge is 0.472 e. The van der Waals surface area contributed by atoms with E-state index >= 15 is 0 Å². The van der Waals surface area contributed by atoms with Gasteiger partial charge in [0.05, 0.1) is 29.4 Å². The summed E-state index contributed by atoms with van der Waals surface area (Å²) in [4.78, 5) is 11.1. The number of thiazole rings is 1. The molecule has 4 aromatic heterocycles. The third-order valence-electron chi connectivity index (χ3n) is 4.87. The minimum Gasteiger partial charge on any atom is -0.472 e. The standard InChI is InChI=1S/C23H13ClF2N4O4S2/c24-16-8-21(36(31,32)30-23-27-4-6-35-23)17(25)9-19(16)34-20-11-28-18(13-1-2-22(26)29-10-13)7-15(20)14-3-5-33-12-14/h1-12H,(H,27,30). The van der Waals surface area contributed by atoms with Crippen molar-refractivity contribution < 1.29 is 26.4 Å². The van der Waals surface area contributed by atoms with Crippen molar-refractivity contribution in [3.05, 3.63) is 89.7 Å². The lowest BCUT2D eigenvalue weighted by Gasteiger charge is -2.14. The van der Waals surface area contributed by atoms with Crippen molar-refractivity contribution in [1.82, 2.24) is 15.0 Å². The number of furan rings is 1. The zero-order chi connectivity index (χ0) is 25.3. The van der Waals surface area contributed by atoms with E-state index in [0.29, 0.717) is 22.4 Å². The summed E-state index contributed by atoms with van der Waals surface area (Å²) >= 11 is 7.32. The number of hydrogen-bond donors (Lipinski definition) is 1. The normalized spacial score (nSPS) is 11.4. The zero-order valence-electron chi connectivity index (χ0n) is 17.9. The molecule has 0 bridgehead atoms. The number of aromatic nitrogens is 3. The Morgan fingerprint density at radius 2 is 1.86 bits per heavy atom. The van der Waals surface area contributed by atoms with Crippen molar-refractivity contribution in [2.24, 2.45) is 0 Å². The van der Waals surface area contributed by atoms with Gasteiger partial charge in [-0.1, -0.05) is 11.6 Å². The van der Waals surface area contributed by atoms with Crippen molar-refractivity contribution in [1.29, 1.82) is 0 Å². The van der Waals surface area contributed by atoms with Gasteiger partial charge in [-0.05, 0) is 30.3 Å². The van der Waals surface area contributed by atoms with E-state index in [1.807, 2.05) is 0 Å². The molecule has 36 heavy (non-hydrogen) atoms. The van der Waals surface area contributed by atoms with Crippen molar-refractivity contribution >= 4 is 38.1 Å². The van der Waals surface area contributed by atoms with Gasteiger partial charge in [0.25, 0.3) is 10.0 Å². The topological polar surface area (TPSA) is 107 Å². The van der Waals surface area contributed by atoms with E-state index in [9.17, 15) is 17.2 Å². The van der Waals surface area contributed by atoms with Crippen LogP contribution in [0.15, 0.2) is 82.2 Å². The minimum atomic E-state index is -4.28. The first-order chi connectivity index (χ1) is 17.3. The van der Waals surface area contributed by atoms with Gasteiger partial charge in [0.2, 0.25) is 5.95 Å². The predicted octanol–water partition coefficient (Wildman–Crippen LogP) is 6.38. The van der Waals surface area contributed by atoms with E-state index in [2.05, 4.69) is 19.7 Å². The summed E-state index contributed by atoms with van der Waals surface area (Å²) in [6, 6.07) is 7.89. The number of ether oxygens (including phenoxy) is 1. The molecular weight excluding hydrogens is 534 g/mol. The first kappa shape index (κ1) is 23.9. The average molecular weight is 547 g/mol. The second-order valence-corrected chi connectivity index (χ2v) is 10.2. The summed E-state index contributed by atoms with van der Waals surface area (Å²) in [5.74, 6) is -1.65. The molecule has 0 atom stereocenters. The minimum absolute atomic E-state index is 0.0816. The molecule has 0 saturated heterocycles. The summed E-state index contributed by atoms with van der Waals surface area (Å²) in [6.07, 6.45) is 7.05. The summed E-state index contributed by atoms with van der Waals surface area (Å²) in [5.41, 5.74) is 2.15. The smallest absolute Gasteiger partial charge is 0.266 e. The van der Waals surface area contributed by atoms with E-state index in [4.69, 9.17) is 20.8 Å². The van der Waals surface area contributed by atoms with Gasteiger partial charge in [-0.15, -0.1) is 11.3 Å². The fourth-order valence-electron chi connectivity index (χ4n) is 3.21. The Morgan fingerprint density at radius 1 is 1.00 bits per heavy atom. The van der Waals surface area contributed by atoms with Crippen molar-refractivity contribution in [2.75, 3.05) is 4.72 Å². The van der Waals surface area contributed by atoms with Crippen LogP contribution in [-0.2, 0) is 10.0 Å². The van der Waals surface area contributed by atoms with Gasteiger partial charge in [-0.3, -0.25) is 9.71 Å². The van der Waals surface area contributed by atoms with Crippen LogP contribution in [-0.4, -0.2) is 23.4 Å². The van der Waals surface area contributed by atoms with Gasteiger partial charge >= 0.3 is 0 Å². The molecule has 4 heterocycles. The molecule has 0 saturated carbocycles. The molecule has 0 aliphatic carbocycles. The monoisotopic (exact) mass is 546 g/mol. The lowest BCUT2D eigenvalue weighted by atomic mass is 10.1. The molecular formula is C23H13ClF2N4O4S2. The third-order valence-corrected chi connectivity index (χ3v) is 7.34. The number of hydrogen-bond acceptors (Lipinski definition) is 8. The second kappa shape index (κ2) is 9.64. The van der Waals surface area contributed by atoms with E-state index in [0.717, 1.165) is 23.5 Å². The van der Waals surface area contributed by atoms with E-state index in [1.54, 1.807) is 17.5 Å². The molecule has 182 valence electrons. The summed E-state index contributed by atoms with van der Waals surface area (Å²) in [7, 11) is -4.28. The van der Waals surface area contributed by atoms with Gasteiger partial charge in [0.1, 0.15) is 16.5 Å². The number of rotatable bonds is 7. The lowest BCUT2D eigenvalue weighted by Crippen LogP contribution is -2.14. The number of halogens is 3. The number of sulfonamides is 1. The van der Waals surface area contributed by atoms with Gasteiger partial charge < -0.3 is 9.15 Å². The number of nitrogens with one attached hydrogen (secondary N) is 1. The Morgan fingerprint density at radius 3 is 2.56 bits per heavy atom. The second-order valence-electron chi connectivity index (χ2n) is 7.21. The van der Waals surface area contributed by atoms with Crippen LogP contribution in [0.3, 0.4) is 0 Å². The molecule has 0 radical (unpaired) electrons. The van der Waals surface area contributed by atoms with E-state index in [1.165, 1.54) is 43.2 Å². The number of benzene rings is 1. The highest BCUT2D eigenvalue weighted by molar-refractivity contribution is 7.93. The number of anilines is 1. The molecule has 0 fully saturated rings. The Hall–Kier alpha value is -3.87. The molecule has 0 amide bonds. The van der Waals surface area contributed by atoms with Gasteiger partial charge in [-0.2, -0.15) is 4.39 Å². The molecule has 1 aromatic carbocycles. The molecule has 5 rings (SSSR count). The summed E-state index contributed by atoms with van der Waals surface area (Å²) in [5, 5.41) is 1.50. The van der Waals surface area contributed by atoms with Crippen molar-refractivity contribution in [3.8, 4) is 33.9 Å². The van der Waals surface area contributed by atoms with Crippen molar-refractivity contribution in [3.63, 3.8) is 0 Å². The Kier molecular flexibility index (Phi) is 6.39. The maximum atomic E-state index is 14.9. The third kappa shape index (κ3) is 4.91. The van der Waals surface area contributed by atoms with Gasteiger partial charge in [-0.25, -0.2) is 22.8 Å². The quantitative estimate of drug-likeness (QED) is 0.236. The SMILES string of the molecule is O=S(=O)(Nc1nccs1)c1cc(Cl)c(Oc2cnc(-c3ccc(F)nc3)cc2-c2ccoc2)cc1F. The highest BCUT2D eigenvalue weighted by Crippen LogP contribution is 2.39. The van der Waals surface area contributed by atoms with Crippen LogP contribution in [0.4, 0.5) is 13.9 Å². The molecule has 13 heteroatoms. The molecule has 0 unspecified atom stereocenters. The maximum Gasteiger partial charge on any atom is 0.266 e. The summed E-state index contributed by atoms with van der Waals surface area (Å²) in [6.45, 7) is 0. The zero-order valence-corrected chi connectivity index (χ0v) is 20.2. The molecule has 0 spiro atoms. The van der Waals surface area contributed by atoms with Gasteiger partial charge in [0.15, 0.2) is 10.9 Å². The van der Waals surface area contributed by atoms with Gasteiger partial charge in [0, 0.05) is 40.5 Å². The average Bonchev–Trinajstić information content (AvgIpc) is 3.56. The highest BCUT2D eigenvalue weighted by atomic mass is 35.5. The number of nitrogens with zero attached hydrogens (tertiary/aromatic N) is 3. The highest BCUT2D eigenvalue weighted by Gasteiger charge is 2.24. The van der Waals surface area contributed by atoms with Crippen LogP contribution in [0.2, 0.25) is 5.02 Å². The number of pyridine rings is 2. The Balaban J connectivity index is 1.50. The van der Waals surface area contributed by atoms with Crippen LogP contribution in [0.1, 0.15) is 0 Å². The van der Waals surface area contributed by atoms with Crippen LogP contribution >= 0.6 is 22.9 Å². The van der Waals surface area contributed by atoms with Crippen molar-refractivity contribution in [2.45, 2.75) is 4.90 Å². The summed E-state index contributed by atoms with van der Waals surface area (Å²) < 4.78 is 66.6. The molecule has 5 aromatic rings. The predicted molar refractivity (Wildman–Crippen MR) is 130 cm³/mol. The Labute approximate surface area is 212 Å².